The maximum Gasteiger partial charge on any atom is 0.120 e. The summed E-state index contributed by atoms with van der Waals surface area (Å²) in [5.41, 5.74) is 1.09. The zero-order valence-electron chi connectivity index (χ0n) is 9.56. The van der Waals surface area contributed by atoms with Crippen molar-refractivity contribution >= 4 is 11.3 Å². The molecule has 0 amide bonds. The largest absolute Gasteiger partial charge is 0.468 e. The van der Waals surface area contributed by atoms with E-state index in [-0.39, 0.29) is 6.04 Å². The molecule has 1 unspecified atom stereocenters. The van der Waals surface area contributed by atoms with Gasteiger partial charge in [0, 0.05) is 17.6 Å². The number of furan rings is 1. The predicted molar refractivity (Wildman–Crippen MR) is 65.4 cm³/mol. The monoisotopic (exact) mass is 236 g/mol. The van der Waals surface area contributed by atoms with Gasteiger partial charge in [-0.25, -0.2) is 4.98 Å². The first-order valence-electron chi connectivity index (χ1n) is 5.47. The molecule has 3 nitrogen and oxygen atoms in total. The van der Waals surface area contributed by atoms with E-state index in [1.807, 2.05) is 19.1 Å². The van der Waals surface area contributed by atoms with Gasteiger partial charge in [-0.2, -0.15) is 0 Å². The lowest BCUT2D eigenvalue weighted by Crippen LogP contribution is -2.19. The molecule has 0 aliphatic heterocycles. The van der Waals surface area contributed by atoms with Crippen LogP contribution in [0.25, 0.3) is 0 Å². The fourth-order valence-corrected chi connectivity index (χ4v) is 2.35. The molecular weight excluding hydrogens is 220 g/mol. The van der Waals surface area contributed by atoms with Crippen molar-refractivity contribution in [3.63, 3.8) is 0 Å². The van der Waals surface area contributed by atoms with Crippen molar-refractivity contribution in [1.82, 2.24) is 10.3 Å². The van der Waals surface area contributed by atoms with Crippen molar-refractivity contribution in [2.24, 2.45) is 0 Å². The van der Waals surface area contributed by atoms with Crippen molar-refractivity contribution < 1.29 is 4.42 Å². The quantitative estimate of drug-likeness (QED) is 0.865. The van der Waals surface area contributed by atoms with Crippen LogP contribution in [0.3, 0.4) is 0 Å². The summed E-state index contributed by atoms with van der Waals surface area (Å²) in [5, 5.41) is 6.66. The van der Waals surface area contributed by atoms with Crippen LogP contribution in [0, 0.1) is 6.92 Å². The molecule has 2 aromatic heterocycles. The van der Waals surface area contributed by atoms with E-state index in [0.717, 1.165) is 29.4 Å². The zero-order valence-corrected chi connectivity index (χ0v) is 10.4. The number of hydrogen-bond acceptors (Lipinski definition) is 4. The molecular formula is C12H16N2OS. The maximum atomic E-state index is 5.40. The van der Waals surface area contributed by atoms with Crippen LogP contribution in [-0.2, 0) is 6.54 Å². The van der Waals surface area contributed by atoms with Gasteiger partial charge in [0.25, 0.3) is 0 Å². The summed E-state index contributed by atoms with van der Waals surface area (Å²) in [6, 6.07) is 4.21. The van der Waals surface area contributed by atoms with Crippen LogP contribution in [0.1, 0.15) is 35.8 Å². The Bertz CT molecular complexity index is 422. The molecule has 0 fully saturated rings. The molecule has 2 heterocycles. The minimum atomic E-state index is 0.277. The van der Waals surface area contributed by atoms with E-state index in [4.69, 9.17) is 4.42 Å². The van der Waals surface area contributed by atoms with Gasteiger partial charge in [-0.1, -0.05) is 6.92 Å². The van der Waals surface area contributed by atoms with E-state index in [0.29, 0.717) is 0 Å². The van der Waals surface area contributed by atoms with Crippen LogP contribution in [-0.4, -0.2) is 4.98 Å². The predicted octanol–water partition coefficient (Wildman–Crippen LogP) is 3.29. The van der Waals surface area contributed by atoms with Crippen molar-refractivity contribution in [2.75, 3.05) is 0 Å². The highest BCUT2D eigenvalue weighted by molar-refractivity contribution is 7.09. The standard InChI is InChI=1S/C12H16N2OS/c1-3-10(11-5-4-6-15-11)13-7-12-14-9(2)8-16-12/h4-6,8,10,13H,3,7H2,1-2H3. The maximum absolute atomic E-state index is 5.40. The second-order valence-corrected chi connectivity index (χ2v) is 4.68. The Balaban J connectivity index is 1.93. The highest BCUT2D eigenvalue weighted by atomic mass is 32.1. The fourth-order valence-electron chi connectivity index (χ4n) is 1.63. The van der Waals surface area contributed by atoms with Crippen LogP contribution in [0.2, 0.25) is 0 Å². The minimum absolute atomic E-state index is 0.277. The SMILES string of the molecule is CCC(NCc1nc(C)cs1)c1ccco1. The molecule has 0 aromatic carbocycles. The molecule has 0 radical (unpaired) electrons. The van der Waals surface area contributed by atoms with Crippen molar-refractivity contribution in [3.05, 3.63) is 40.2 Å². The zero-order chi connectivity index (χ0) is 11.4. The summed E-state index contributed by atoms with van der Waals surface area (Å²) >= 11 is 1.70. The van der Waals surface area contributed by atoms with E-state index < -0.39 is 0 Å². The van der Waals surface area contributed by atoms with E-state index in [9.17, 15) is 0 Å². The van der Waals surface area contributed by atoms with Crippen LogP contribution in [0.15, 0.2) is 28.2 Å². The third-order valence-electron chi connectivity index (χ3n) is 2.46. The van der Waals surface area contributed by atoms with Gasteiger partial charge in [-0.3, -0.25) is 0 Å². The Hall–Kier alpha value is -1.13. The summed E-state index contributed by atoms with van der Waals surface area (Å²) in [6.45, 7) is 4.97. The summed E-state index contributed by atoms with van der Waals surface area (Å²) < 4.78 is 5.40. The number of aryl methyl sites for hydroxylation is 1. The molecule has 86 valence electrons. The summed E-state index contributed by atoms with van der Waals surface area (Å²) in [7, 11) is 0. The highest BCUT2D eigenvalue weighted by Crippen LogP contribution is 2.18. The van der Waals surface area contributed by atoms with E-state index in [2.05, 4.69) is 22.6 Å². The Kier molecular flexibility index (Phi) is 3.74. The molecule has 0 aliphatic carbocycles. The van der Waals surface area contributed by atoms with Gasteiger partial charge >= 0.3 is 0 Å². The Labute approximate surface area is 99.5 Å². The topological polar surface area (TPSA) is 38.1 Å². The van der Waals surface area contributed by atoms with Crippen molar-refractivity contribution in [3.8, 4) is 0 Å². The Morgan fingerprint density at radius 3 is 3.00 bits per heavy atom. The third-order valence-corrected chi connectivity index (χ3v) is 3.43. The van der Waals surface area contributed by atoms with Crippen LogP contribution < -0.4 is 5.32 Å². The average molecular weight is 236 g/mol. The fraction of sp³-hybridized carbons (Fsp3) is 0.417. The van der Waals surface area contributed by atoms with Gasteiger partial charge in [0.1, 0.15) is 10.8 Å². The van der Waals surface area contributed by atoms with E-state index >= 15 is 0 Å². The summed E-state index contributed by atoms with van der Waals surface area (Å²) in [5.74, 6) is 0.996. The summed E-state index contributed by atoms with van der Waals surface area (Å²) in [6.07, 6.45) is 2.73. The molecule has 1 N–H and O–H groups in total. The molecule has 0 saturated heterocycles. The van der Waals surface area contributed by atoms with Crippen molar-refractivity contribution in [2.45, 2.75) is 32.9 Å². The van der Waals surface area contributed by atoms with Crippen LogP contribution in [0.5, 0.6) is 0 Å². The highest BCUT2D eigenvalue weighted by Gasteiger charge is 2.11. The number of nitrogens with one attached hydrogen (secondary N) is 1. The summed E-state index contributed by atoms with van der Waals surface area (Å²) in [4.78, 5) is 4.42. The lowest BCUT2D eigenvalue weighted by molar-refractivity contribution is 0.403. The van der Waals surface area contributed by atoms with Crippen LogP contribution >= 0.6 is 11.3 Å². The molecule has 0 saturated carbocycles. The Morgan fingerprint density at radius 2 is 2.44 bits per heavy atom. The smallest absolute Gasteiger partial charge is 0.120 e. The molecule has 4 heteroatoms. The molecule has 0 spiro atoms. The third kappa shape index (κ3) is 2.71. The number of aromatic nitrogens is 1. The Morgan fingerprint density at radius 1 is 1.56 bits per heavy atom. The molecule has 1 atom stereocenters. The number of rotatable bonds is 5. The second-order valence-electron chi connectivity index (χ2n) is 3.74. The van der Waals surface area contributed by atoms with Gasteiger partial charge in [-0.05, 0) is 25.5 Å². The first kappa shape index (κ1) is 11.4. The molecule has 2 rings (SSSR count). The average Bonchev–Trinajstić information content (AvgIpc) is 2.91. The molecule has 16 heavy (non-hydrogen) atoms. The van der Waals surface area contributed by atoms with Gasteiger partial charge in [-0.15, -0.1) is 11.3 Å². The number of hydrogen-bond donors (Lipinski definition) is 1. The van der Waals surface area contributed by atoms with Gasteiger partial charge in [0.2, 0.25) is 0 Å². The van der Waals surface area contributed by atoms with Gasteiger partial charge in [0.05, 0.1) is 12.3 Å². The first-order chi connectivity index (χ1) is 7.79. The molecule has 0 aliphatic rings. The molecule has 2 aromatic rings. The normalized spacial score (nSPS) is 12.9. The first-order valence-corrected chi connectivity index (χ1v) is 6.35. The van der Waals surface area contributed by atoms with Crippen LogP contribution in [0.4, 0.5) is 0 Å². The number of nitrogens with zero attached hydrogens (tertiary/aromatic N) is 1. The minimum Gasteiger partial charge on any atom is -0.468 e. The van der Waals surface area contributed by atoms with Crippen molar-refractivity contribution in [1.29, 1.82) is 0 Å². The number of thiazole rings is 1. The van der Waals surface area contributed by atoms with Gasteiger partial charge < -0.3 is 9.73 Å². The van der Waals surface area contributed by atoms with Gasteiger partial charge in [0.15, 0.2) is 0 Å². The lowest BCUT2D eigenvalue weighted by Gasteiger charge is -2.13. The lowest BCUT2D eigenvalue weighted by atomic mass is 10.2. The van der Waals surface area contributed by atoms with E-state index in [1.165, 1.54) is 0 Å². The van der Waals surface area contributed by atoms with E-state index in [1.54, 1.807) is 17.6 Å². The molecule has 0 bridgehead atoms. The second kappa shape index (κ2) is 5.27.